The Hall–Kier alpha value is -9.01. The maximum absolute atomic E-state index is 15.7. The van der Waals surface area contributed by atoms with Crippen LogP contribution in [0.15, 0.2) is 65.7 Å². The second-order valence-corrected chi connectivity index (χ2v) is 28.0. The average Bonchev–Trinajstić information content (AvgIpc) is 0.796. The number of hydrogen-bond donors (Lipinski definition) is 18. The van der Waals surface area contributed by atoms with Crippen LogP contribution < -0.4 is 75.3 Å². The first-order valence-electron chi connectivity index (χ1n) is 33.3. The summed E-state index contributed by atoms with van der Waals surface area (Å²) < 4.78 is 5.47. The van der Waals surface area contributed by atoms with Gasteiger partial charge in [-0.2, -0.15) is 0 Å². The summed E-state index contributed by atoms with van der Waals surface area (Å²) in [5.74, 6) is -14.2. The van der Waals surface area contributed by atoms with Crippen LogP contribution in [0.4, 0.5) is 4.79 Å². The number of rotatable bonds is 23. The number of guanidine groups is 1. The van der Waals surface area contributed by atoms with Gasteiger partial charge in [-0.15, -0.1) is 0 Å². The Kier molecular flexibility index (Phi) is 36.2. The van der Waals surface area contributed by atoms with E-state index in [0.29, 0.717) is 5.56 Å². The molecule has 0 bridgehead atoms. The van der Waals surface area contributed by atoms with Crippen molar-refractivity contribution in [1.29, 1.82) is 0 Å². The van der Waals surface area contributed by atoms with Crippen molar-refractivity contribution in [2.24, 2.45) is 45.0 Å². The zero-order valence-electron chi connectivity index (χ0n) is 59.0. The van der Waals surface area contributed by atoms with Crippen molar-refractivity contribution in [1.82, 2.24) is 63.8 Å². The summed E-state index contributed by atoms with van der Waals surface area (Å²) in [6, 6.07) is -2.81. The van der Waals surface area contributed by atoms with Crippen molar-refractivity contribution in [2.75, 3.05) is 26.3 Å². The summed E-state index contributed by atoms with van der Waals surface area (Å²) in [5.41, 5.74) is 10.5. The number of carbonyl (C=O) groups excluding carboxylic acids is 12. The van der Waals surface area contributed by atoms with Gasteiger partial charge < -0.3 is 100 Å². The lowest BCUT2D eigenvalue weighted by atomic mass is 9.86. The molecule has 2 aromatic carbocycles. The number of aliphatic hydroxyl groups excluding tert-OH is 4. The first-order valence-corrected chi connectivity index (χ1v) is 33.3. The van der Waals surface area contributed by atoms with E-state index in [1.54, 1.807) is 84.9 Å². The van der Waals surface area contributed by atoms with Crippen molar-refractivity contribution in [2.45, 2.75) is 221 Å². The lowest BCUT2D eigenvalue weighted by Crippen LogP contribution is -2.65. The normalized spacial score (nSPS) is 23.1. The minimum absolute atomic E-state index is 0. The molecule has 0 aliphatic carbocycles. The number of hydrogen-bond acceptors (Lipinski definition) is 18. The third kappa shape index (κ3) is 29.8. The Balaban J connectivity index is 0.0000340. The van der Waals surface area contributed by atoms with Crippen molar-refractivity contribution < 1.29 is 82.7 Å². The quantitative estimate of drug-likeness (QED) is 0.0348. The van der Waals surface area contributed by atoms with Gasteiger partial charge in [0.25, 0.3) is 0 Å². The Morgan fingerprint density at radius 3 is 1.62 bits per heavy atom. The van der Waals surface area contributed by atoms with Crippen LogP contribution in [0.2, 0.25) is 0 Å². The molecule has 100 heavy (non-hydrogen) atoms. The molecule has 0 spiro atoms. The lowest BCUT2D eigenvalue weighted by molar-refractivity contribution is -0.139. The molecule has 1 fully saturated rings. The predicted octanol–water partition coefficient (Wildman–Crippen LogP) is -1.33. The number of carbonyl (C=O) groups is 12. The maximum atomic E-state index is 15.7. The number of aliphatic hydroxyl groups is 4. The number of nitrogens with zero attached hydrogens (tertiary/aromatic N) is 1. The molecule has 0 radical (unpaired) electrons. The number of nitrogens with two attached hydrogens (primary N) is 2. The fraction of sp³-hybridized carbons (Fsp3) is 0.632. The van der Waals surface area contributed by atoms with E-state index >= 15 is 14.4 Å². The summed E-state index contributed by atoms with van der Waals surface area (Å²) in [7, 11) is 0. The highest BCUT2D eigenvalue weighted by Crippen LogP contribution is 2.26. The number of aliphatic imine (C=N–C) groups is 1. The van der Waals surface area contributed by atoms with Crippen LogP contribution in [0.3, 0.4) is 0 Å². The maximum Gasteiger partial charge on any atom is 0.408 e. The third-order valence-corrected chi connectivity index (χ3v) is 15.9. The topological polar surface area (TPSA) is 504 Å². The number of alkyl carbamates (subject to hydrolysis) is 1. The Bertz CT molecular complexity index is 3070. The molecular formula is C68H111N15O17. The number of nitrogens with one attached hydrogen (secondary N) is 12. The molecular weight excluding hydrogens is 1300 g/mol. The molecule has 14 atom stereocenters. The van der Waals surface area contributed by atoms with E-state index in [0.717, 1.165) is 6.92 Å². The molecule has 1 aliphatic rings. The van der Waals surface area contributed by atoms with Crippen molar-refractivity contribution >= 4 is 77.0 Å². The summed E-state index contributed by atoms with van der Waals surface area (Å²) in [6.45, 7) is 18.1. The van der Waals surface area contributed by atoms with Crippen LogP contribution in [-0.2, 0) is 64.1 Å². The molecule has 1 heterocycles. The monoisotopic (exact) mass is 1410 g/mol. The molecule has 2 aromatic rings. The van der Waals surface area contributed by atoms with Crippen LogP contribution in [-0.4, -0.2) is 196 Å². The Morgan fingerprint density at radius 2 is 1.09 bits per heavy atom. The predicted molar refractivity (Wildman–Crippen MR) is 372 cm³/mol. The highest BCUT2D eigenvalue weighted by atomic mass is 16.5. The fourth-order valence-electron chi connectivity index (χ4n) is 10.4. The van der Waals surface area contributed by atoms with Crippen molar-refractivity contribution in [3.05, 3.63) is 71.8 Å². The second-order valence-electron chi connectivity index (χ2n) is 28.0. The zero-order chi connectivity index (χ0) is 74.6. The molecule has 12 amide bonds. The molecule has 3 rings (SSSR count). The minimum Gasteiger partial charge on any atom is -0.445 e. The van der Waals surface area contributed by atoms with Crippen LogP contribution >= 0.6 is 0 Å². The van der Waals surface area contributed by atoms with Crippen LogP contribution in [0.25, 0.3) is 0 Å². The smallest absolute Gasteiger partial charge is 0.408 e. The van der Waals surface area contributed by atoms with E-state index in [1.807, 2.05) is 20.8 Å². The molecule has 1 saturated heterocycles. The van der Waals surface area contributed by atoms with Gasteiger partial charge >= 0.3 is 6.09 Å². The molecule has 0 unspecified atom stereocenters. The first kappa shape index (κ1) is 87.1. The van der Waals surface area contributed by atoms with Gasteiger partial charge in [-0.05, 0) is 78.7 Å². The van der Waals surface area contributed by atoms with Crippen LogP contribution in [0.5, 0.6) is 0 Å². The zero-order valence-corrected chi connectivity index (χ0v) is 59.0. The Labute approximate surface area is 585 Å². The summed E-state index contributed by atoms with van der Waals surface area (Å²) in [5, 5.41) is 74.1. The van der Waals surface area contributed by atoms with Crippen molar-refractivity contribution in [3.8, 4) is 0 Å². The molecule has 0 saturated carbocycles. The number of amides is 12. The fourth-order valence-corrected chi connectivity index (χ4v) is 10.4. The van der Waals surface area contributed by atoms with Gasteiger partial charge in [0.15, 0.2) is 5.96 Å². The number of ether oxygens (including phenoxy) is 1. The highest BCUT2D eigenvalue weighted by molar-refractivity contribution is 6.00. The van der Waals surface area contributed by atoms with E-state index in [1.165, 1.54) is 38.1 Å². The van der Waals surface area contributed by atoms with Gasteiger partial charge in [0, 0.05) is 6.54 Å². The van der Waals surface area contributed by atoms with Crippen LogP contribution in [0.1, 0.15) is 153 Å². The lowest BCUT2D eigenvalue weighted by Gasteiger charge is -2.35. The first-order chi connectivity index (χ1) is 46.3. The molecule has 1 aliphatic heterocycles. The van der Waals surface area contributed by atoms with Crippen molar-refractivity contribution in [3.63, 3.8) is 0 Å². The van der Waals surface area contributed by atoms with Gasteiger partial charge in [-0.25, -0.2) is 4.79 Å². The molecule has 0 aromatic heterocycles. The largest absolute Gasteiger partial charge is 0.445 e. The van der Waals surface area contributed by atoms with E-state index in [4.69, 9.17) is 16.2 Å². The Morgan fingerprint density at radius 1 is 0.600 bits per heavy atom. The van der Waals surface area contributed by atoms with Gasteiger partial charge in [0.05, 0.1) is 38.0 Å². The highest BCUT2D eigenvalue weighted by Gasteiger charge is 2.43. The molecule has 32 nitrogen and oxygen atoms in total. The summed E-state index contributed by atoms with van der Waals surface area (Å²) >= 11 is 0. The number of benzene rings is 2. The van der Waals surface area contributed by atoms with Gasteiger partial charge in [-0.1, -0.05) is 158 Å². The standard InChI is InChI=1S/C67H107N15O17.CH4/c1-14-37(6)48-61(95)79-49(38(7)85)60(94)71-31-47(86)72-45(32-83)58(92)76-46(33-84)59(93)80-50(40-24-19-16-20-25-40)51(81-57(91)43(29-66(8,9)10)75-56(90)44(30-67(11,12)13)77-65(98)99-34-39-22-17-15-18-23-39)62(96)82-52(53(87)36(4)5)63(97)74-42(28-35(2)3)55(89)73-41(54(88)78-48)26-21-27-70-64(68)69;/h15-20,22-25,35-38,41-46,48-53,83-85,87H,14,21,26-34H2,1-13H3,(H,71,94)(H,72,86)(H,73,89)(H,74,97)(H,75,90)(H,76,92)(H,77,98)(H,78,88)(H,79,95)(H,80,93)(H,81,91)(H,82,96)(H4,68,69,70);1H4/t37-,38-,41+,42-,43-,44+,45-,46-,48-,49-,50+,51-,52-,53+;/m0./s1. The molecule has 20 N–H and O–H groups in total. The second kappa shape index (κ2) is 41.5. The minimum atomic E-state index is -2.11. The van der Waals surface area contributed by atoms with Crippen LogP contribution in [0, 0.1) is 28.6 Å². The van der Waals surface area contributed by atoms with E-state index < -0.39 is 192 Å². The molecule has 32 heteroatoms. The van der Waals surface area contributed by atoms with E-state index in [2.05, 4.69) is 68.8 Å². The SMILES string of the molecule is C.CC[C@H](C)[C@@H]1NC(=O)[C@@H](CCCN=C(N)N)NC(=O)[C@H](CC(C)C)NC(=O)[C@H]([C@H](O)C(C)C)NC(=O)[C@@H](NC(=O)[C@H](CC(C)(C)C)NC(=O)[C@@H](CC(C)(C)C)NC(=O)OCc2ccccc2)[C@@H](c2ccccc2)NC(=O)[C@H](CO)NC(=O)[C@H](CO)NC(=O)CNC(=O)[C@H]([C@H](C)O)NC1=O. The average molecular weight is 1410 g/mol. The summed E-state index contributed by atoms with van der Waals surface area (Å²) in [4.78, 5) is 177. The van der Waals surface area contributed by atoms with E-state index in [-0.39, 0.29) is 76.5 Å². The van der Waals surface area contributed by atoms with Gasteiger partial charge in [0.1, 0.15) is 67.0 Å². The molecule has 560 valence electrons. The van der Waals surface area contributed by atoms with Gasteiger partial charge in [-0.3, -0.25) is 57.7 Å². The summed E-state index contributed by atoms with van der Waals surface area (Å²) in [6.07, 6.45) is -4.53. The third-order valence-electron chi connectivity index (χ3n) is 15.9. The van der Waals surface area contributed by atoms with E-state index in [9.17, 15) is 63.6 Å². The van der Waals surface area contributed by atoms with Gasteiger partial charge in [0.2, 0.25) is 65.0 Å².